The fourth-order valence-corrected chi connectivity index (χ4v) is 3.03. The number of hydrogen-bond donors (Lipinski definition) is 0. The molecule has 1 saturated heterocycles. The number of benzene rings is 2. The molecule has 0 N–H and O–H groups in total. The Labute approximate surface area is 115 Å². The Morgan fingerprint density at radius 3 is 1.84 bits per heavy atom. The lowest BCUT2D eigenvalue weighted by atomic mass is 9.70. The van der Waals surface area contributed by atoms with Gasteiger partial charge in [0.05, 0.1) is 12.7 Å². The van der Waals surface area contributed by atoms with Crippen LogP contribution in [0.4, 0.5) is 0 Å². The first kappa shape index (κ1) is 12.4. The minimum Gasteiger partial charge on any atom is -0.377 e. The van der Waals surface area contributed by atoms with Crippen LogP contribution in [0.15, 0.2) is 60.7 Å². The van der Waals surface area contributed by atoms with Gasteiger partial charge in [0.25, 0.3) is 0 Å². The van der Waals surface area contributed by atoms with Crippen LogP contribution in [0.3, 0.4) is 0 Å². The molecule has 0 spiro atoms. The first-order chi connectivity index (χ1) is 9.31. The molecule has 2 aromatic rings. The summed E-state index contributed by atoms with van der Waals surface area (Å²) in [7, 11) is 0. The van der Waals surface area contributed by atoms with Crippen LogP contribution in [0.1, 0.15) is 30.9 Å². The Bertz CT molecular complexity index is 468. The largest absolute Gasteiger partial charge is 0.377 e. The third-order valence-corrected chi connectivity index (χ3v) is 4.24. The van der Waals surface area contributed by atoms with E-state index >= 15 is 0 Å². The highest BCUT2D eigenvalue weighted by atomic mass is 16.5. The van der Waals surface area contributed by atoms with E-state index in [2.05, 4.69) is 67.6 Å². The molecule has 1 aliphatic heterocycles. The zero-order valence-electron chi connectivity index (χ0n) is 11.4. The van der Waals surface area contributed by atoms with Gasteiger partial charge < -0.3 is 4.74 Å². The average molecular weight is 252 g/mol. The molecule has 1 atom stereocenters. The second kappa shape index (κ2) is 5.18. The van der Waals surface area contributed by atoms with Gasteiger partial charge in [0.15, 0.2) is 0 Å². The average Bonchev–Trinajstić information content (AvgIpc) is 2.50. The van der Waals surface area contributed by atoms with Crippen molar-refractivity contribution in [2.24, 2.45) is 0 Å². The number of rotatable bonds is 2. The smallest absolute Gasteiger partial charge is 0.0607 e. The Hall–Kier alpha value is -1.60. The molecule has 1 aliphatic rings. The molecule has 98 valence electrons. The summed E-state index contributed by atoms with van der Waals surface area (Å²) in [6, 6.07) is 21.6. The minimum atomic E-state index is 0.0228. The van der Waals surface area contributed by atoms with Crippen LogP contribution in [-0.2, 0) is 10.2 Å². The monoisotopic (exact) mass is 252 g/mol. The molecule has 0 amide bonds. The number of hydrogen-bond acceptors (Lipinski definition) is 1. The summed E-state index contributed by atoms with van der Waals surface area (Å²) in [6.45, 7) is 2.95. The van der Waals surface area contributed by atoms with Crippen LogP contribution < -0.4 is 0 Å². The predicted molar refractivity (Wildman–Crippen MR) is 78.3 cm³/mol. The summed E-state index contributed by atoms with van der Waals surface area (Å²) in [5.41, 5.74) is 2.76. The van der Waals surface area contributed by atoms with E-state index in [4.69, 9.17) is 4.74 Å². The molecule has 0 unspecified atom stereocenters. The van der Waals surface area contributed by atoms with E-state index in [1.165, 1.54) is 11.1 Å². The molecule has 0 aromatic heterocycles. The van der Waals surface area contributed by atoms with Gasteiger partial charge in [-0.2, -0.15) is 0 Å². The SMILES string of the molecule is C[C@H]1CCC(c2ccccc2)(c2ccccc2)CO1. The Morgan fingerprint density at radius 1 is 0.895 bits per heavy atom. The van der Waals surface area contributed by atoms with Gasteiger partial charge in [0.2, 0.25) is 0 Å². The molecule has 1 heterocycles. The van der Waals surface area contributed by atoms with Crippen LogP contribution in [0.25, 0.3) is 0 Å². The van der Waals surface area contributed by atoms with Crippen LogP contribution in [-0.4, -0.2) is 12.7 Å². The van der Waals surface area contributed by atoms with Crippen molar-refractivity contribution in [1.82, 2.24) is 0 Å². The highest BCUT2D eigenvalue weighted by molar-refractivity contribution is 5.40. The van der Waals surface area contributed by atoms with Gasteiger partial charge in [-0.15, -0.1) is 0 Å². The maximum atomic E-state index is 6.00. The Morgan fingerprint density at radius 2 is 1.42 bits per heavy atom. The summed E-state index contributed by atoms with van der Waals surface area (Å²) in [5, 5.41) is 0. The van der Waals surface area contributed by atoms with Crippen LogP contribution in [0, 0.1) is 0 Å². The topological polar surface area (TPSA) is 9.23 Å². The van der Waals surface area contributed by atoms with Gasteiger partial charge in [-0.1, -0.05) is 60.7 Å². The predicted octanol–water partition coefficient (Wildman–Crippen LogP) is 4.17. The Balaban J connectivity index is 2.06. The van der Waals surface area contributed by atoms with E-state index in [1.807, 2.05) is 0 Å². The minimum absolute atomic E-state index is 0.0228. The zero-order valence-corrected chi connectivity index (χ0v) is 11.4. The second-order valence-electron chi connectivity index (χ2n) is 5.47. The van der Waals surface area contributed by atoms with Crippen molar-refractivity contribution in [3.8, 4) is 0 Å². The zero-order chi connectivity index (χ0) is 13.1. The highest BCUT2D eigenvalue weighted by Gasteiger charge is 2.38. The van der Waals surface area contributed by atoms with Crippen molar-refractivity contribution < 1.29 is 4.74 Å². The van der Waals surface area contributed by atoms with Crippen molar-refractivity contribution >= 4 is 0 Å². The van der Waals surface area contributed by atoms with Crippen molar-refractivity contribution in [3.63, 3.8) is 0 Å². The fraction of sp³-hybridized carbons (Fsp3) is 0.333. The molecule has 1 heteroatoms. The lowest BCUT2D eigenvalue weighted by molar-refractivity contribution is -0.00831. The molecule has 2 aromatic carbocycles. The van der Waals surface area contributed by atoms with Gasteiger partial charge in [0.1, 0.15) is 0 Å². The van der Waals surface area contributed by atoms with E-state index in [0.29, 0.717) is 6.10 Å². The fourth-order valence-electron chi connectivity index (χ4n) is 3.03. The van der Waals surface area contributed by atoms with Gasteiger partial charge >= 0.3 is 0 Å². The van der Waals surface area contributed by atoms with E-state index in [0.717, 1.165) is 19.4 Å². The van der Waals surface area contributed by atoms with Gasteiger partial charge in [-0.05, 0) is 30.9 Å². The van der Waals surface area contributed by atoms with Crippen LogP contribution >= 0.6 is 0 Å². The second-order valence-corrected chi connectivity index (χ2v) is 5.47. The summed E-state index contributed by atoms with van der Waals surface area (Å²) >= 11 is 0. The lowest BCUT2D eigenvalue weighted by Crippen LogP contribution is -2.39. The molecule has 0 bridgehead atoms. The first-order valence-corrected chi connectivity index (χ1v) is 7.04. The molecule has 0 radical (unpaired) electrons. The molecular formula is C18H20O. The molecular weight excluding hydrogens is 232 g/mol. The van der Waals surface area contributed by atoms with Gasteiger partial charge in [0, 0.05) is 5.41 Å². The van der Waals surface area contributed by atoms with Crippen molar-refractivity contribution in [1.29, 1.82) is 0 Å². The lowest BCUT2D eigenvalue weighted by Gasteiger charge is -2.40. The maximum absolute atomic E-state index is 6.00. The molecule has 1 nitrogen and oxygen atoms in total. The van der Waals surface area contributed by atoms with Crippen LogP contribution in [0.2, 0.25) is 0 Å². The van der Waals surface area contributed by atoms with E-state index < -0.39 is 0 Å². The summed E-state index contributed by atoms with van der Waals surface area (Å²) in [4.78, 5) is 0. The Kier molecular flexibility index (Phi) is 3.39. The summed E-state index contributed by atoms with van der Waals surface area (Å²) in [6.07, 6.45) is 2.65. The maximum Gasteiger partial charge on any atom is 0.0607 e. The molecule has 19 heavy (non-hydrogen) atoms. The molecule has 0 aliphatic carbocycles. The van der Waals surface area contributed by atoms with Gasteiger partial charge in [-0.25, -0.2) is 0 Å². The van der Waals surface area contributed by atoms with Crippen molar-refractivity contribution in [2.45, 2.75) is 31.3 Å². The van der Waals surface area contributed by atoms with E-state index in [-0.39, 0.29) is 5.41 Å². The molecule has 1 fully saturated rings. The van der Waals surface area contributed by atoms with Crippen LogP contribution in [0.5, 0.6) is 0 Å². The quantitative estimate of drug-likeness (QED) is 0.779. The normalized spacial score (nSPS) is 22.1. The molecule has 0 saturated carbocycles. The van der Waals surface area contributed by atoms with Gasteiger partial charge in [-0.3, -0.25) is 0 Å². The van der Waals surface area contributed by atoms with Crippen molar-refractivity contribution in [2.75, 3.05) is 6.61 Å². The third-order valence-electron chi connectivity index (χ3n) is 4.24. The third kappa shape index (κ3) is 2.31. The van der Waals surface area contributed by atoms with Crippen molar-refractivity contribution in [3.05, 3.63) is 71.8 Å². The standard InChI is InChI=1S/C18H20O/c1-15-12-13-18(14-19-15,16-8-4-2-5-9-16)17-10-6-3-7-11-17/h2-11,15H,12-14H2,1H3/t15-/m0/s1. The molecule has 3 rings (SSSR count). The first-order valence-electron chi connectivity index (χ1n) is 7.04. The van der Waals surface area contributed by atoms with E-state index in [9.17, 15) is 0 Å². The highest BCUT2D eigenvalue weighted by Crippen LogP contribution is 2.40. The summed E-state index contributed by atoms with van der Waals surface area (Å²) in [5.74, 6) is 0. The number of ether oxygens (including phenoxy) is 1. The summed E-state index contributed by atoms with van der Waals surface area (Å²) < 4.78 is 6.00. The van der Waals surface area contributed by atoms with E-state index in [1.54, 1.807) is 0 Å².